The Morgan fingerprint density at radius 3 is 2.52 bits per heavy atom. The van der Waals surface area contributed by atoms with Gasteiger partial charge in [-0.2, -0.15) is 0 Å². The van der Waals surface area contributed by atoms with Gasteiger partial charge in [-0.3, -0.25) is 9.69 Å². The van der Waals surface area contributed by atoms with Gasteiger partial charge in [-0.25, -0.2) is 23.1 Å². The summed E-state index contributed by atoms with van der Waals surface area (Å²) in [6.07, 6.45) is 3.44. The Morgan fingerprint density at radius 2 is 1.86 bits per heavy atom. The number of likely N-dealkylation sites (tertiary alicyclic amines) is 1. The second-order valence-electron chi connectivity index (χ2n) is 12.1. The van der Waals surface area contributed by atoms with Crippen molar-refractivity contribution in [2.45, 2.75) is 71.6 Å². The van der Waals surface area contributed by atoms with E-state index >= 15 is 13.2 Å². The molecule has 2 aliphatic rings. The average molecular weight is 582 g/mol. The molecular weight excluding hydrogens is 543 g/mol. The number of benzene rings is 2. The first-order valence-corrected chi connectivity index (χ1v) is 14.5. The van der Waals surface area contributed by atoms with Gasteiger partial charge >= 0.3 is 0 Å². The van der Waals surface area contributed by atoms with Crippen LogP contribution in [-0.2, 0) is 17.8 Å². The van der Waals surface area contributed by atoms with Crippen LogP contribution in [0.3, 0.4) is 0 Å². The third kappa shape index (κ3) is 6.38. The lowest BCUT2D eigenvalue weighted by molar-refractivity contribution is -0.123. The lowest BCUT2D eigenvalue weighted by atomic mass is 9.96. The van der Waals surface area contributed by atoms with Gasteiger partial charge in [0.15, 0.2) is 17.4 Å². The minimum Gasteiger partial charge on any atom is -0.481 e. The highest BCUT2D eigenvalue weighted by Gasteiger charge is 2.36. The summed E-state index contributed by atoms with van der Waals surface area (Å²) in [6.45, 7) is 10.3. The maximum absolute atomic E-state index is 15.4. The number of primary amides is 1. The summed E-state index contributed by atoms with van der Waals surface area (Å²) in [5.41, 5.74) is 6.84. The number of amides is 1. The molecule has 0 radical (unpaired) electrons. The summed E-state index contributed by atoms with van der Waals surface area (Å²) >= 11 is 0. The predicted molar refractivity (Wildman–Crippen MR) is 156 cm³/mol. The van der Waals surface area contributed by atoms with E-state index in [2.05, 4.69) is 33.6 Å². The molecule has 1 fully saturated rings. The number of hydrogen-bond acceptors (Lipinski definition) is 6. The number of ether oxygens (including phenoxy) is 1. The normalized spacial score (nSPS) is 17.9. The summed E-state index contributed by atoms with van der Waals surface area (Å²) in [5, 5.41) is 0. The minimum absolute atomic E-state index is 0.0212. The van der Waals surface area contributed by atoms with Crippen molar-refractivity contribution in [1.29, 1.82) is 0 Å². The number of halogens is 3. The van der Waals surface area contributed by atoms with Gasteiger partial charge in [0, 0.05) is 36.1 Å². The molecule has 42 heavy (non-hydrogen) atoms. The molecule has 7 nitrogen and oxygen atoms in total. The number of nitrogens with zero attached hydrogens (tertiary/aromatic N) is 4. The van der Waals surface area contributed by atoms with Gasteiger partial charge < -0.3 is 15.4 Å². The molecule has 1 atom stereocenters. The highest BCUT2D eigenvalue weighted by molar-refractivity contribution is 5.76. The van der Waals surface area contributed by atoms with Gasteiger partial charge in [0.05, 0.1) is 18.4 Å². The van der Waals surface area contributed by atoms with E-state index in [4.69, 9.17) is 10.5 Å². The van der Waals surface area contributed by atoms with Crippen LogP contribution >= 0.6 is 0 Å². The second kappa shape index (κ2) is 11.9. The first-order valence-electron chi connectivity index (χ1n) is 14.5. The molecule has 10 heteroatoms. The fraction of sp³-hybridized carbons (Fsp3) is 0.469. The van der Waals surface area contributed by atoms with Crippen LogP contribution in [0.15, 0.2) is 36.5 Å². The Hall–Kier alpha value is -3.66. The zero-order valence-electron chi connectivity index (χ0n) is 24.6. The van der Waals surface area contributed by atoms with Crippen LogP contribution < -0.4 is 15.4 Å². The lowest BCUT2D eigenvalue weighted by Crippen LogP contribution is -2.50. The second-order valence-corrected chi connectivity index (χ2v) is 12.1. The molecule has 2 aromatic carbocycles. The topological polar surface area (TPSA) is 84.6 Å². The molecule has 1 amide bonds. The molecule has 2 N–H and O–H groups in total. The smallest absolute Gasteiger partial charge is 0.220 e. The van der Waals surface area contributed by atoms with Crippen LogP contribution in [0.2, 0.25) is 0 Å². The number of carbonyl (C=O) groups is 1. The number of carbonyl (C=O) groups excluding carboxylic acids is 1. The highest BCUT2D eigenvalue weighted by atomic mass is 19.1. The van der Waals surface area contributed by atoms with E-state index in [0.29, 0.717) is 61.7 Å². The summed E-state index contributed by atoms with van der Waals surface area (Å²) in [5.74, 6) is -1.56. The molecule has 0 spiro atoms. The number of piperidine rings is 1. The maximum atomic E-state index is 15.4. The largest absolute Gasteiger partial charge is 0.481 e. The van der Waals surface area contributed by atoms with Crippen molar-refractivity contribution in [2.24, 2.45) is 11.7 Å². The van der Waals surface area contributed by atoms with E-state index in [-0.39, 0.29) is 47.1 Å². The zero-order chi connectivity index (χ0) is 30.2. The molecule has 0 saturated carbocycles. The maximum Gasteiger partial charge on any atom is 0.220 e. The van der Waals surface area contributed by atoms with Gasteiger partial charge in [-0.1, -0.05) is 19.1 Å². The predicted octanol–water partition coefficient (Wildman–Crippen LogP) is 5.62. The molecule has 5 rings (SSSR count). The number of aromatic nitrogens is 2. The Bertz CT molecular complexity index is 1470. The van der Waals surface area contributed by atoms with Crippen molar-refractivity contribution in [3.8, 4) is 17.0 Å². The number of nitrogens with two attached hydrogens (primary N) is 1. The van der Waals surface area contributed by atoms with E-state index < -0.39 is 17.2 Å². The quantitative estimate of drug-likeness (QED) is 0.372. The van der Waals surface area contributed by atoms with Crippen LogP contribution in [0.4, 0.5) is 18.9 Å². The van der Waals surface area contributed by atoms with Crippen molar-refractivity contribution >= 4 is 11.6 Å². The van der Waals surface area contributed by atoms with Gasteiger partial charge in [-0.15, -0.1) is 0 Å². The van der Waals surface area contributed by atoms with E-state index in [0.717, 1.165) is 12.6 Å². The molecular formula is C32H38F3N5O2. The minimum atomic E-state index is -0.674. The number of hydrogen-bond donors (Lipinski definition) is 1. The van der Waals surface area contributed by atoms with E-state index in [1.807, 2.05) is 19.9 Å². The zero-order valence-corrected chi connectivity index (χ0v) is 24.6. The van der Waals surface area contributed by atoms with Gasteiger partial charge in [0.25, 0.3) is 0 Å². The highest BCUT2D eigenvalue weighted by Crippen LogP contribution is 2.43. The standard InChI is InChI=1S/C32H38F3N5O2/c1-5-19(2)40-18-32(3,4)42-30-25(34)14-23(15-27(30)40)29-26(35)16-37-28(38-29)13-20-6-7-22(24(33)12-20)17-39-10-8-21(9-11-39)31(36)41/h6-7,12,14-16,19,21H,5,8-11,13,17-18H2,1-4H3,(H2,36,41). The molecule has 224 valence electrons. The first kappa shape index (κ1) is 29.8. The van der Waals surface area contributed by atoms with Crippen LogP contribution in [-0.4, -0.2) is 52.1 Å². The number of rotatable bonds is 8. The number of fused-ring (bicyclic) bond motifs is 1. The van der Waals surface area contributed by atoms with Crippen molar-refractivity contribution in [3.63, 3.8) is 0 Å². The summed E-state index contributed by atoms with van der Waals surface area (Å²) < 4.78 is 51.5. The summed E-state index contributed by atoms with van der Waals surface area (Å²) in [4.78, 5) is 24.2. The Kier molecular flexibility index (Phi) is 8.46. The van der Waals surface area contributed by atoms with Crippen molar-refractivity contribution in [2.75, 3.05) is 24.5 Å². The van der Waals surface area contributed by atoms with E-state index in [9.17, 15) is 4.79 Å². The molecule has 3 heterocycles. The number of anilines is 1. The Labute approximate surface area is 244 Å². The van der Waals surface area contributed by atoms with Gasteiger partial charge in [0.1, 0.15) is 22.9 Å². The molecule has 1 unspecified atom stereocenters. The van der Waals surface area contributed by atoms with E-state index in [1.54, 1.807) is 12.1 Å². The van der Waals surface area contributed by atoms with Crippen molar-refractivity contribution in [3.05, 3.63) is 70.9 Å². The molecule has 0 aliphatic carbocycles. The van der Waals surface area contributed by atoms with Crippen molar-refractivity contribution in [1.82, 2.24) is 14.9 Å². The van der Waals surface area contributed by atoms with E-state index in [1.165, 1.54) is 12.1 Å². The molecule has 0 bridgehead atoms. The van der Waals surface area contributed by atoms with Gasteiger partial charge in [-0.05, 0) is 76.9 Å². The third-order valence-corrected chi connectivity index (χ3v) is 8.32. The summed E-state index contributed by atoms with van der Waals surface area (Å²) in [6, 6.07) is 8.06. The molecule has 3 aromatic rings. The fourth-order valence-electron chi connectivity index (χ4n) is 5.77. The van der Waals surface area contributed by atoms with Crippen LogP contribution in [0, 0.1) is 23.4 Å². The molecule has 1 saturated heterocycles. The van der Waals surface area contributed by atoms with Crippen LogP contribution in [0.25, 0.3) is 11.3 Å². The molecule has 2 aliphatic heterocycles. The third-order valence-electron chi connectivity index (χ3n) is 8.32. The Balaban J connectivity index is 1.36. The fourth-order valence-corrected chi connectivity index (χ4v) is 5.77. The molecule has 1 aromatic heterocycles. The monoisotopic (exact) mass is 581 g/mol. The Morgan fingerprint density at radius 1 is 1.12 bits per heavy atom. The first-order chi connectivity index (χ1) is 19.9. The van der Waals surface area contributed by atoms with Crippen LogP contribution in [0.1, 0.15) is 63.9 Å². The summed E-state index contributed by atoms with van der Waals surface area (Å²) in [7, 11) is 0. The lowest BCUT2D eigenvalue weighted by Gasteiger charge is -2.44. The van der Waals surface area contributed by atoms with Crippen LogP contribution in [0.5, 0.6) is 5.75 Å². The van der Waals surface area contributed by atoms with Crippen molar-refractivity contribution < 1.29 is 22.7 Å². The average Bonchev–Trinajstić information content (AvgIpc) is 2.95. The van der Waals surface area contributed by atoms with Gasteiger partial charge in [0.2, 0.25) is 5.91 Å². The SMILES string of the molecule is CCC(C)N1CC(C)(C)Oc2c(F)cc(-c3nc(Cc4ccc(CN5CCC(C(N)=O)CC5)c(F)c4)ncc3F)cc21.